The summed E-state index contributed by atoms with van der Waals surface area (Å²) in [5.41, 5.74) is -1.21. The first-order valence-electron chi connectivity index (χ1n) is 28.5. The summed E-state index contributed by atoms with van der Waals surface area (Å²) in [7, 11) is 0. The summed E-state index contributed by atoms with van der Waals surface area (Å²) in [6.07, 6.45) is -21.6. The Morgan fingerprint density at radius 1 is 0.562 bits per heavy atom. The fraction of sp³-hybridized carbons (Fsp3) is 0.438. The number of Topliss-reactive ketones (excluding diaryl/α,β-unsaturated/α-hetero) is 2. The number of imide groups is 2. The van der Waals surface area contributed by atoms with Crippen LogP contribution in [0, 0.1) is 0 Å². The van der Waals surface area contributed by atoms with Gasteiger partial charge in [-0.1, -0.05) is 133 Å². The quantitative estimate of drug-likeness (QED) is 0.0138. The van der Waals surface area contributed by atoms with Crippen molar-refractivity contribution in [2.45, 2.75) is 147 Å². The van der Waals surface area contributed by atoms with Gasteiger partial charge in [-0.15, -0.1) is 26.3 Å². The van der Waals surface area contributed by atoms with E-state index in [9.17, 15) is 109 Å². The van der Waals surface area contributed by atoms with Gasteiger partial charge in [-0.2, -0.15) is 65.9 Å². The highest BCUT2D eigenvalue weighted by atomic mass is 127. The number of alkyl halides is 16. The molecule has 4 atom stereocenters. The highest BCUT2D eigenvalue weighted by Crippen LogP contribution is 2.32. The Hall–Kier alpha value is -7.88. The van der Waals surface area contributed by atoms with Gasteiger partial charge in [-0.25, -0.2) is 24.2 Å². The molecule has 2 saturated heterocycles. The lowest BCUT2D eigenvalue weighted by Gasteiger charge is -2.22. The van der Waals surface area contributed by atoms with Gasteiger partial charge in [-0.3, -0.25) is 24.0 Å². The molecule has 0 radical (unpaired) electrons. The minimum atomic E-state index is -4.95. The van der Waals surface area contributed by atoms with Crippen molar-refractivity contribution in [3.8, 4) is 0 Å². The van der Waals surface area contributed by atoms with E-state index >= 15 is 0 Å². The predicted octanol–water partition coefficient (Wildman–Crippen LogP) is 14.9. The molecule has 0 spiro atoms. The second kappa shape index (κ2) is 45.5. The zero-order valence-electron chi connectivity index (χ0n) is 52.4. The third kappa shape index (κ3) is 37.4. The molecule has 2 fully saturated rings. The number of carbonyl (C=O) groups is 8. The number of esters is 2. The van der Waals surface area contributed by atoms with Crippen molar-refractivity contribution >= 4 is 70.1 Å². The van der Waals surface area contributed by atoms with Crippen molar-refractivity contribution in [3.05, 3.63) is 169 Å². The molecular formula is C64H74F15IN2O14. The monoisotopic (exact) mass is 1510 g/mol. The number of nitrogens with zero attached hydrogens (tertiary/aromatic N) is 2. The molecule has 4 amide bonds. The molecular weight excluding hydrogens is 1430 g/mol. The van der Waals surface area contributed by atoms with Crippen LogP contribution in [-0.4, -0.2) is 154 Å². The average molecular weight is 1510 g/mol. The van der Waals surface area contributed by atoms with Crippen LogP contribution in [0.15, 0.2) is 158 Å². The van der Waals surface area contributed by atoms with Crippen LogP contribution < -0.4 is 0 Å². The Bertz CT molecular complexity index is 2960. The van der Waals surface area contributed by atoms with E-state index < -0.39 is 139 Å². The number of ether oxygens (including phenoxy) is 4. The van der Waals surface area contributed by atoms with Crippen LogP contribution in [0.4, 0.5) is 75.4 Å². The molecule has 0 aliphatic carbocycles. The molecule has 16 nitrogen and oxygen atoms in total. The molecule has 96 heavy (non-hydrogen) atoms. The van der Waals surface area contributed by atoms with E-state index in [4.69, 9.17) is 14.6 Å². The molecule has 2 aliphatic rings. The maximum atomic E-state index is 12.9. The molecule has 2 aromatic carbocycles. The summed E-state index contributed by atoms with van der Waals surface area (Å²) in [6.45, 7) is 19.0. The van der Waals surface area contributed by atoms with Crippen molar-refractivity contribution in [1.29, 1.82) is 0 Å². The van der Waals surface area contributed by atoms with Crippen molar-refractivity contribution < 1.29 is 133 Å². The van der Waals surface area contributed by atoms with Crippen LogP contribution >= 0.6 is 22.6 Å². The maximum absolute atomic E-state index is 12.9. The van der Waals surface area contributed by atoms with Crippen molar-refractivity contribution in [2.75, 3.05) is 30.9 Å². The summed E-state index contributed by atoms with van der Waals surface area (Å²) < 4.78 is 201. The third-order valence-electron chi connectivity index (χ3n) is 12.0. The number of hydrogen-bond donors (Lipinski definition) is 2. The van der Waals surface area contributed by atoms with E-state index in [2.05, 4.69) is 35.8 Å². The highest BCUT2D eigenvalue weighted by molar-refractivity contribution is 14.1. The minimum absolute atomic E-state index is 0.0354. The SMILES string of the molecule is C=CC/C(=C\C(=O)OCC)C(F)(F)F.C=CC/C(=C\CI)C(F)(F)F.C=CC/C(=C\C[C@H](O)C(=O)N1C(=O)OC[C@H]1Cc1ccccc1)C(F)(F)F.C=CC/C(=C\C[C@H](O)C(C)=O)C(F)(F)F.CCC(=O)N1C(=O)OC[C@H]1Cc1ccccc1.CCOC(=O)CC(=O)C(F)(F)F. The van der Waals surface area contributed by atoms with E-state index in [0.717, 1.165) is 53.3 Å². The lowest BCUT2D eigenvalue weighted by molar-refractivity contribution is -0.174. The predicted molar refractivity (Wildman–Crippen MR) is 330 cm³/mol. The number of aliphatic hydroxyl groups excluding tert-OH is 2. The Kier molecular flexibility index (Phi) is 42.8. The molecule has 2 N–H and O–H groups in total. The second-order valence-electron chi connectivity index (χ2n) is 19.4. The topological polar surface area (TPSA) is 220 Å². The van der Waals surface area contributed by atoms with Crippen LogP contribution in [0.5, 0.6) is 0 Å². The molecule has 2 heterocycles. The van der Waals surface area contributed by atoms with Gasteiger partial charge in [0.1, 0.15) is 31.8 Å². The Balaban J connectivity index is 0. The number of halogens is 16. The number of cyclic esters (lactones) is 2. The lowest BCUT2D eigenvalue weighted by atomic mass is 10.0. The Morgan fingerprint density at radius 3 is 1.27 bits per heavy atom. The number of rotatable bonds is 25. The van der Waals surface area contributed by atoms with E-state index in [1.165, 1.54) is 30.9 Å². The first-order chi connectivity index (χ1) is 44.5. The van der Waals surface area contributed by atoms with E-state index in [-0.39, 0.29) is 51.0 Å². The molecule has 0 unspecified atom stereocenters. The van der Waals surface area contributed by atoms with Crippen LogP contribution in [-0.2, 0) is 60.6 Å². The summed E-state index contributed by atoms with van der Waals surface area (Å²) in [5.74, 6) is -5.92. The number of carbonyl (C=O) groups excluding carboxylic acids is 8. The highest BCUT2D eigenvalue weighted by Gasteiger charge is 2.42. The zero-order chi connectivity index (χ0) is 74.2. The first kappa shape index (κ1) is 90.2. The van der Waals surface area contributed by atoms with Gasteiger partial charge >= 0.3 is 55.0 Å². The molecule has 4 rings (SSSR count). The second-order valence-corrected chi connectivity index (χ2v) is 20.3. The fourth-order valence-electron chi connectivity index (χ4n) is 7.36. The summed E-state index contributed by atoms with van der Waals surface area (Å²) in [6, 6.07) is 18.1. The number of allylic oxidation sites excluding steroid dienone is 9. The molecule has 2 aromatic rings. The van der Waals surface area contributed by atoms with Gasteiger partial charge in [-0.05, 0) is 76.8 Å². The molecule has 32 heteroatoms. The summed E-state index contributed by atoms with van der Waals surface area (Å²) >= 11 is 1.87. The van der Waals surface area contributed by atoms with Crippen LogP contribution in [0.25, 0.3) is 0 Å². The molecule has 536 valence electrons. The van der Waals surface area contributed by atoms with Crippen LogP contribution in [0.2, 0.25) is 0 Å². The Labute approximate surface area is 558 Å². The fourth-order valence-corrected chi connectivity index (χ4v) is 7.89. The zero-order valence-corrected chi connectivity index (χ0v) is 54.5. The van der Waals surface area contributed by atoms with Gasteiger partial charge < -0.3 is 29.2 Å². The normalized spacial score (nSPS) is 15.8. The van der Waals surface area contributed by atoms with Crippen LogP contribution in [0.3, 0.4) is 0 Å². The van der Waals surface area contributed by atoms with Gasteiger partial charge in [0.05, 0.1) is 25.3 Å². The number of benzene rings is 2. The minimum Gasteiger partial charge on any atom is -0.466 e. The molecule has 0 aromatic heterocycles. The van der Waals surface area contributed by atoms with Gasteiger partial charge in [0.25, 0.3) is 5.91 Å². The van der Waals surface area contributed by atoms with Crippen LogP contribution in [0.1, 0.15) is 90.2 Å². The molecule has 0 bridgehead atoms. The van der Waals surface area contributed by atoms with Crippen molar-refractivity contribution in [1.82, 2.24) is 9.80 Å². The number of aliphatic hydroxyl groups is 2. The van der Waals surface area contributed by atoms with E-state index in [1.807, 2.05) is 71.1 Å². The summed E-state index contributed by atoms with van der Waals surface area (Å²) in [4.78, 5) is 91.2. The van der Waals surface area contributed by atoms with Gasteiger partial charge in [0.15, 0.2) is 5.78 Å². The van der Waals surface area contributed by atoms with Crippen molar-refractivity contribution in [2.24, 2.45) is 0 Å². The molecule has 2 aliphatic heterocycles. The number of ketones is 2. The van der Waals surface area contributed by atoms with E-state index in [1.54, 1.807) is 19.1 Å². The van der Waals surface area contributed by atoms with Crippen molar-refractivity contribution in [3.63, 3.8) is 0 Å². The third-order valence-corrected chi connectivity index (χ3v) is 12.5. The number of amides is 4. The first-order valence-corrected chi connectivity index (χ1v) is 30.0. The Morgan fingerprint density at radius 2 is 0.927 bits per heavy atom. The lowest BCUT2D eigenvalue weighted by Crippen LogP contribution is -2.45. The summed E-state index contributed by atoms with van der Waals surface area (Å²) in [5, 5.41) is 19.0. The van der Waals surface area contributed by atoms with Gasteiger partial charge in [0, 0.05) is 45.6 Å². The smallest absolute Gasteiger partial charge is 0.450 e. The van der Waals surface area contributed by atoms with E-state index in [0.29, 0.717) is 36.4 Å². The maximum Gasteiger partial charge on any atom is 0.450 e. The average Bonchev–Trinajstić information content (AvgIpc) is 1.68. The largest absolute Gasteiger partial charge is 0.466 e. The standard InChI is InChI=1S/C19H20F3NO4.C13H15NO3.C10H13F3O2.C9H11F3O2.C7H8F3I.C6H7F3O3/c1-2-6-14(19(20,21)22)9-10-16(24)17(25)23-15(12-27-18(23)26)11-13-7-4-3-5-8-13;1-2-12(15)14-11(9-17-13(14)16)8-10-6-4-3-5-7-10;1-3-4-8(10(11,12)13)5-6-9(15)7(2)14;1-3-5-7(9(10,11)12)6-8(13)14-4-2;1-2-3-6(4-5-11)7(8,9)10;1-2-12-5(11)3-4(10)6(7,8)9/h2-5,7-9,15-16,24H,1,6,10-12H2;3-7,11H,2,8-9H2,1H3;3,5,9,15H,1,4,6H2,2H3;3,6H,1,4-5H2,2H3;2,4H,1,3,5H2;2-3H2,1H3/b14-9+;;8-5+;7-6+;6-4+;/t15-,16+;11-;9-;;;/m110.../s1. The number of hydrogen-bond acceptors (Lipinski definition) is 14. The van der Waals surface area contributed by atoms with Gasteiger partial charge in [0.2, 0.25) is 11.7 Å². The molecule has 0 saturated carbocycles.